The number of aryl methyl sites for hydroxylation is 2. The number of nitrogens with zero attached hydrogens (tertiary/aromatic N) is 4. The van der Waals surface area contributed by atoms with Crippen molar-refractivity contribution in [1.82, 2.24) is 25.4 Å². The van der Waals surface area contributed by atoms with E-state index in [1.54, 1.807) is 14.2 Å². The van der Waals surface area contributed by atoms with Gasteiger partial charge in [-0.1, -0.05) is 17.7 Å². The smallest absolute Gasteiger partial charge is 0.192 e. The molecule has 1 aromatic heterocycles. The highest BCUT2D eigenvalue weighted by atomic mass is 16.5. The summed E-state index contributed by atoms with van der Waals surface area (Å²) in [5.74, 6) is 3.25. The Labute approximate surface area is 167 Å². The molecule has 2 rings (SSSR count). The van der Waals surface area contributed by atoms with Crippen LogP contribution in [0.5, 0.6) is 5.75 Å². The molecule has 1 heterocycles. The maximum Gasteiger partial charge on any atom is 0.192 e. The average molecular weight is 389 g/mol. The number of guanidine groups is 1. The van der Waals surface area contributed by atoms with E-state index in [0.29, 0.717) is 19.1 Å². The zero-order valence-corrected chi connectivity index (χ0v) is 17.7. The molecular weight excluding hydrogens is 356 g/mol. The molecule has 2 N–H and O–H groups in total. The Morgan fingerprint density at radius 2 is 2.04 bits per heavy atom. The van der Waals surface area contributed by atoms with Gasteiger partial charge >= 0.3 is 0 Å². The van der Waals surface area contributed by atoms with Crippen molar-refractivity contribution in [2.75, 3.05) is 27.4 Å². The van der Waals surface area contributed by atoms with Gasteiger partial charge < -0.3 is 24.7 Å². The zero-order chi connectivity index (χ0) is 20.5. The summed E-state index contributed by atoms with van der Waals surface area (Å²) in [5.41, 5.74) is 2.27. The second kappa shape index (κ2) is 10.7. The Hall–Kier alpha value is -2.61. The van der Waals surface area contributed by atoms with E-state index in [1.807, 2.05) is 30.7 Å². The van der Waals surface area contributed by atoms with Crippen LogP contribution in [0.4, 0.5) is 0 Å². The zero-order valence-electron chi connectivity index (χ0n) is 17.7. The Morgan fingerprint density at radius 1 is 1.25 bits per heavy atom. The van der Waals surface area contributed by atoms with Gasteiger partial charge in [0.05, 0.1) is 13.2 Å². The van der Waals surface area contributed by atoms with Crippen molar-refractivity contribution in [2.24, 2.45) is 12.0 Å². The second-order valence-corrected chi connectivity index (χ2v) is 6.77. The molecule has 0 spiro atoms. The lowest BCUT2D eigenvalue weighted by molar-refractivity contribution is 0.195. The lowest BCUT2D eigenvalue weighted by Gasteiger charge is -2.21. The largest absolute Gasteiger partial charge is 0.496 e. The van der Waals surface area contributed by atoms with E-state index in [0.717, 1.165) is 35.9 Å². The summed E-state index contributed by atoms with van der Waals surface area (Å²) in [6.45, 7) is 7.99. The highest BCUT2D eigenvalue weighted by molar-refractivity contribution is 5.80. The van der Waals surface area contributed by atoms with Crippen molar-refractivity contribution in [3.05, 3.63) is 41.0 Å². The Balaban J connectivity index is 2.15. The summed E-state index contributed by atoms with van der Waals surface area (Å²) in [6, 6.07) is 6.19. The van der Waals surface area contributed by atoms with Crippen LogP contribution < -0.4 is 15.4 Å². The first-order valence-corrected chi connectivity index (χ1v) is 9.49. The van der Waals surface area contributed by atoms with Gasteiger partial charge in [0.15, 0.2) is 11.8 Å². The first kappa shape index (κ1) is 21.7. The summed E-state index contributed by atoms with van der Waals surface area (Å²) >= 11 is 0. The van der Waals surface area contributed by atoms with Gasteiger partial charge in [-0.05, 0) is 33.3 Å². The van der Waals surface area contributed by atoms with E-state index in [2.05, 4.69) is 40.7 Å². The van der Waals surface area contributed by atoms with Gasteiger partial charge in [-0.2, -0.15) is 0 Å². The van der Waals surface area contributed by atoms with E-state index in [9.17, 15) is 0 Å². The van der Waals surface area contributed by atoms with Gasteiger partial charge in [-0.3, -0.25) is 0 Å². The van der Waals surface area contributed by atoms with Crippen molar-refractivity contribution in [3.63, 3.8) is 0 Å². The summed E-state index contributed by atoms with van der Waals surface area (Å²) in [6.07, 6.45) is 0.891. The van der Waals surface area contributed by atoms with E-state index >= 15 is 0 Å². The van der Waals surface area contributed by atoms with Crippen LogP contribution in [-0.4, -0.2) is 48.1 Å². The van der Waals surface area contributed by atoms with Crippen LogP contribution in [0, 0.1) is 13.8 Å². The quantitative estimate of drug-likeness (QED) is 0.389. The topological polar surface area (TPSA) is 85.6 Å². The third kappa shape index (κ3) is 5.95. The maximum atomic E-state index is 5.53. The summed E-state index contributed by atoms with van der Waals surface area (Å²) in [5, 5.41) is 15.1. The maximum absolute atomic E-state index is 5.53. The van der Waals surface area contributed by atoms with Crippen LogP contribution in [0.1, 0.15) is 42.2 Å². The molecule has 0 aliphatic carbocycles. The SMILES string of the molecule is COCCCNC(=NCc1nnc(C)n1C)NC(C)c1cc(C)ccc1OC. The molecule has 154 valence electrons. The van der Waals surface area contributed by atoms with E-state index in [4.69, 9.17) is 14.5 Å². The third-order valence-electron chi connectivity index (χ3n) is 4.58. The normalized spacial score (nSPS) is 12.7. The van der Waals surface area contributed by atoms with Gasteiger partial charge in [0.2, 0.25) is 0 Å². The molecule has 0 amide bonds. The number of hydrogen-bond donors (Lipinski definition) is 2. The molecule has 28 heavy (non-hydrogen) atoms. The highest BCUT2D eigenvalue weighted by Crippen LogP contribution is 2.25. The lowest BCUT2D eigenvalue weighted by Crippen LogP contribution is -2.39. The number of aromatic nitrogens is 3. The second-order valence-electron chi connectivity index (χ2n) is 6.77. The van der Waals surface area contributed by atoms with Gasteiger partial charge in [-0.15, -0.1) is 10.2 Å². The first-order valence-electron chi connectivity index (χ1n) is 9.49. The minimum atomic E-state index is 0.0183. The number of benzene rings is 1. The first-order chi connectivity index (χ1) is 13.5. The van der Waals surface area contributed by atoms with Crippen molar-refractivity contribution in [1.29, 1.82) is 0 Å². The van der Waals surface area contributed by atoms with Gasteiger partial charge in [0, 0.05) is 32.9 Å². The molecule has 8 heteroatoms. The fourth-order valence-corrected chi connectivity index (χ4v) is 2.79. The highest BCUT2D eigenvalue weighted by Gasteiger charge is 2.14. The number of nitrogens with one attached hydrogen (secondary N) is 2. The lowest BCUT2D eigenvalue weighted by atomic mass is 10.0. The van der Waals surface area contributed by atoms with E-state index in [-0.39, 0.29) is 6.04 Å². The van der Waals surface area contributed by atoms with Crippen molar-refractivity contribution >= 4 is 5.96 Å². The van der Waals surface area contributed by atoms with Gasteiger partial charge in [0.25, 0.3) is 0 Å². The summed E-state index contributed by atoms with van der Waals surface area (Å²) in [4.78, 5) is 4.70. The van der Waals surface area contributed by atoms with Crippen LogP contribution in [-0.2, 0) is 18.3 Å². The molecule has 1 aromatic carbocycles. The Bertz CT molecular complexity index is 787. The Kier molecular flexibility index (Phi) is 8.25. The number of ether oxygens (including phenoxy) is 2. The van der Waals surface area contributed by atoms with Crippen molar-refractivity contribution < 1.29 is 9.47 Å². The van der Waals surface area contributed by atoms with Crippen molar-refractivity contribution in [2.45, 2.75) is 39.8 Å². The minimum Gasteiger partial charge on any atom is -0.496 e. The predicted octanol–water partition coefficient (Wildman–Crippen LogP) is 2.27. The fraction of sp³-hybridized carbons (Fsp3) is 0.550. The van der Waals surface area contributed by atoms with Crippen LogP contribution >= 0.6 is 0 Å². The molecule has 0 saturated heterocycles. The van der Waals surface area contributed by atoms with Crippen molar-refractivity contribution in [3.8, 4) is 5.75 Å². The van der Waals surface area contributed by atoms with E-state index in [1.165, 1.54) is 5.56 Å². The average Bonchev–Trinajstić information content (AvgIpc) is 3.01. The monoisotopic (exact) mass is 388 g/mol. The minimum absolute atomic E-state index is 0.0183. The van der Waals surface area contributed by atoms with Crippen LogP contribution in [0.25, 0.3) is 0 Å². The molecule has 2 aromatic rings. The Morgan fingerprint density at radius 3 is 2.68 bits per heavy atom. The molecule has 0 radical (unpaired) electrons. The van der Waals surface area contributed by atoms with E-state index < -0.39 is 0 Å². The number of aliphatic imine (C=N–C) groups is 1. The molecule has 0 aliphatic rings. The van der Waals surface area contributed by atoms with Gasteiger partial charge in [0.1, 0.15) is 18.1 Å². The van der Waals surface area contributed by atoms with Crippen LogP contribution in [0.15, 0.2) is 23.2 Å². The number of hydrogen-bond acceptors (Lipinski definition) is 5. The summed E-state index contributed by atoms with van der Waals surface area (Å²) < 4.78 is 12.6. The third-order valence-corrected chi connectivity index (χ3v) is 4.58. The molecule has 1 unspecified atom stereocenters. The number of rotatable bonds is 9. The molecule has 0 bridgehead atoms. The van der Waals surface area contributed by atoms with Gasteiger partial charge in [-0.25, -0.2) is 4.99 Å². The molecule has 8 nitrogen and oxygen atoms in total. The molecular formula is C20H32N6O2. The summed E-state index contributed by atoms with van der Waals surface area (Å²) in [7, 11) is 5.34. The molecule has 0 aliphatic heterocycles. The van der Waals surface area contributed by atoms with Crippen LogP contribution in [0.3, 0.4) is 0 Å². The molecule has 0 saturated carbocycles. The standard InChI is InChI=1S/C20H32N6O2/c1-14-8-9-18(28-6)17(12-14)15(2)23-20(21-10-7-11-27-5)22-13-19-25-24-16(3)26(19)4/h8-9,12,15H,7,10-11,13H2,1-6H3,(H2,21,22,23). The molecule has 1 atom stereocenters. The predicted molar refractivity (Wildman–Crippen MR) is 111 cm³/mol. The van der Waals surface area contributed by atoms with Crippen LogP contribution in [0.2, 0.25) is 0 Å². The number of methoxy groups -OCH3 is 2. The molecule has 0 fully saturated rings. The fourth-order valence-electron chi connectivity index (χ4n) is 2.79.